The summed E-state index contributed by atoms with van der Waals surface area (Å²) in [5, 5.41) is 6.32. The quantitative estimate of drug-likeness (QED) is 0.176. The first kappa shape index (κ1) is 38.0. The number of aromatic nitrogens is 3. The topological polar surface area (TPSA) is 65.0 Å². The Hall–Kier alpha value is -8.97. The lowest BCUT2D eigenvalue weighted by molar-refractivity contribution is 0.668. The van der Waals surface area contributed by atoms with E-state index in [9.17, 15) is 0 Å². The summed E-state index contributed by atoms with van der Waals surface area (Å²) in [7, 11) is 0. The molecule has 70 heavy (non-hydrogen) atoms. The second kappa shape index (κ2) is 14.0. The molecule has 0 saturated carbocycles. The number of rotatable bonds is 4. The molecule has 0 fully saturated rings. The molecule has 16 rings (SSSR count). The van der Waals surface area contributed by atoms with Gasteiger partial charge >= 0.3 is 0 Å². The van der Waals surface area contributed by atoms with Crippen molar-refractivity contribution < 1.29 is 8.83 Å². The van der Waals surface area contributed by atoms with Crippen LogP contribution in [0.25, 0.3) is 132 Å². The Morgan fingerprint density at radius 2 is 0.829 bits per heavy atom. The van der Waals surface area contributed by atoms with Crippen LogP contribution in [0, 0.1) is 0 Å². The number of nitrogens with zero attached hydrogens (tertiary/aromatic N) is 3. The SMILES string of the molecule is c1ccc2c(c1)-c1ccccc1C21c2ccccc2-c2cccc(-c3ccc4oc5cccc(-c6nc(-c7cccc8c7oc7ccccc78)nc(-c7cccc8sc9ccccc9c78)n6)c5c4c3)c21. The molecule has 0 amide bonds. The second-order valence-corrected chi connectivity index (χ2v) is 19.6. The largest absolute Gasteiger partial charge is 0.456 e. The molecule has 0 atom stereocenters. The summed E-state index contributed by atoms with van der Waals surface area (Å²) in [6.45, 7) is 0. The Morgan fingerprint density at radius 1 is 0.329 bits per heavy atom. The Morgan fingerprint density at radius 3 is 1.60 bits per heavy atom. The molecular formula is C64H35N3O2S. The zero-order chi connectivity index (χ0) is 45.7. The van der Waals surface area contributed by atoms with Crippen molar-refractivity contribution in [2.24, 2.45) is 0 Å². The molecule has 0 bridgehead atoms. The maximum Gasteiger partial charge on any atom is 0.167 e. The first-order valence-corrected chi connectivity index (χ1v) is 24.5. The molecule has 0 unspecified atom stereocenters. The highest BCUT2D eigenvalue weighted by Gasteiger charge is 2.52. The highest BCUT2D eigenvalue weighted by molar-refractivity contribution is 7.25. The van der Waals surface area contributed by atoms with Crippen LogP contribution in [0.2, 0.25) is 0 Å². The number of fused-ring (bicyclic) bond motifs is 19. The third-order valence-corrected chi connectivity index (χ3v) is 16.1. The smallest absolute Gasteiger partial charge is 0.167 e. The van der Waals surface area contributed by atoms with Crippen LogP contribution >= 0.6 is 11.3 Å². The predicted octanol–water partition coefficient (Wildman–Crippen LogP) is 17.0. The Balaban J connectivity index is 0.950. The van der Waals surface area contributed by atoms with Crippen molar-refractivity contribution in [1.82, 2.24) is 15.0 Å². The van der Waals surface area contributed by atoms with Crippen molar-refractivity contribution in [3.8, 4) is 67.5 Å². The van der Waals surface area contributed by atoms with E-state index in [-0.39, 0.29) is 0 Å². The Bertz CT molecular complexity index is 4510. The fourth-order valence-corrected chi connectivity index (χ4v) is 13.3. The van der Waals surface area contributed by atoms with Crippen molar-refractivity contribution in [2.75, 3.05) is 0 Å². The number of furan rings is 2. The number of hydrogen-bond acceptors (Lipinski definition) is 6. The summed E-state index contributed by atoms with van der Waals surface area (Å²) in [4.78, 5) is 16.2. The Kier molecular flexibility index (Phi) is 7.63. The summed E-state index contributed by atoms with van der Waals surface area (Å²) in [6, 6.07) is 76.1. The van der Waals surface area contributed by atoms with Gasteiger partial charge in [-0.05, 0) is 98.1 Å². The molecule has 2 aliphatic rings. The van der Waals surface area contributed by atoms with E-state index in [1.807, 2.05) is 30.3 Å². The van der Waals surface area contributed by atoms with Crippen LogP contribution in [0.3, 0.4) is 0 Å². The van der Waals surface area contributed by atoms with Gasteiger partial charge in [0.2, 0.25) is 0 Å². The lowest BCUT2D eigenvalue weighted by atomic mass is 9.68. The molecule has 5 nitrogen and oxygen atoms in total. The molecule has 0 saturated heterocycles. The van der Waals surface area contributed by atoms with Gasteiger partial charge in [0.25, 0.3) is 0 Å². The summed E-state index contributed by atoms with van der Waals surface area (Å²) in [5.41, 5.74) is 17.9. The molecule has 10 aromatic carbocycles. The molecule has 14 aromatic rings. The normalized spacial score (nSPS) is 13.3. The number of hydrogen-bond donors (Lipinski definition) is 0. The van der Waals surface area contributed by atoms with Gasteiger partial charge in [0.1, 0.15) is 22.3 Å². The minimum absolute atomic E-state index is 0.495. The van der Waals surface area contributed by atoms with Crippen LogP contribution in [0.4, 0.5) is 0 Å². The molecule has 0 N–H and O–H groups in total. The van der Waals surface area contributed by atoms with E-state index in [0.29, 0.717) is 17.5 Å². The van der Waals surface area contributed by atoms with E-state index < -0.39 is 5.41 Å². The summed E-state index contributed by atoms with van der Waals surface area (Å²) < 4.78 is 15.8. The van der Waals surface area contributed by atoms with Crippen molar-refractivity contribution in [3.63, 3.8) is 0 Å². The Labute approximate surface area is 404 Å². The monoisotopic (exact) mass is 909 g/mol. The maximum atomic E-state index is 6.77. The van der Waals surface area contributed by atoms with Gasteiger partial charge in [0.15, 0.2) is 17.5 Å². The van der Waals surface area contributed by atoms with Gasteiger partial charge in [-0.25, -0.2) is 15.0 Å². The summed E-state index contributed by atoms with van der Waals surface area (Å²) in [6.07, 6.45) is 0. The van der Waals surface area contributed by atoms with E-state index in [2.05, 4.69) is 182 Å². The van der Waals surface area contributed by atoms with Crippen LogP contribution in [-0.4, -0.2) is 15.0 Å². The van der Waals surface area contributed by atoms with Crippen molar-refractivity contribution in [1.29, 1.82) is 0 Å². The van der Waals surface area contributed by atoms with E-state index in [0.717, 1.165) is 71.5 Å². The van der Waals surface area contributed by atoms with Gasteiger partial charge in [-0.1, -0.05) is 170 Å². The summed E-state index contributed by atoms with van der Waals surface area (Å²) >= 11 is 1.78. The van der Waals surface area contributed by atoms with Gasteiger partial charge in [0, 0.05) is 52.8 Å². The van der Waals surface area contributed by atoms with E-state index in [1.165, 1.54) is 64.9 Å². The molecule has 324 valence electrons. The van der Waals surface area contributed by atoms with Gasteiger partial charge in [-0.2, -0.15) is 0 Å². The molecule has 1 spiro atoms. The minimum Gasteiger partial charge on any atom is -0.456 e. The third-order valence-electron chi connectivity index (χ3n) is 15.0. The number of benzene rings is 10. The van der Waals surface area contributed by atoms with Crippen LogP contribution in [0.15, 0.2) is 221 Å². The van der Waals surface area contributed by atoms with E-state index >= 15 is 0 Å². The van der Waals surface area contributed by atoms with Gasteiger partial charge in [-0.3, -0.25) is 0 Å². The van der Waals surface area contributed by atoms with Gasteiger partial charge < -0.3 is 8.83 Å². The standard InChI is InChI=1S/C64H35N3O2S/c1-6-26-49-38(15-1)39-16-2-7-27-50(39)64(49)51-28-8-3-17-40(51)42-21-11-20-37(59(42)64)36-33-34-53-48(35-36)57-45(23-13-30-54(57)68-53)61-65-62(46-24-14-32-56-58(46)44-19-5-10-31-55(44)70-56)67-63(66-61)47-25-12-22-43-41-18-4-9-29-52(41)69-60(43)47/h1-35H. The maximum absolute atomic E-state index is 6.77. The lowest BCUT2D eigenvalue weighted by Crippen LogP contribution is -2.26. The second-order valence-electron chi connectivity index (χ2n) is 18.5. The highest BCUT2D eigenvalue weighted by Crippen LogP contribution is 2.64. The third kappa shape index (κ3) is 5.02. The lowest BCUT2D eigenvalue weighted by Gasteiger charge is -2.32. The minimum atomic E-state index is -0.495. The van der Waals surface area contributed by atoms with Gasteiger partial charge in [-0.15, -0.1) is 11.3 Å². The molecule has 0 aliphatic heterocycles. The van der Waals surface area contributed by atoms with Crippen molar-refractivity contribution in [3.05, 3.63) is 235 Å². The average Bonchev–Trinajstić information content (AvgIpc) is 4.24. The number of thiophene rings is 1. The van der Waals surface area contributed by atoms with Crippen LogP contribution in [0.1, 0.15) is 22.3 Å². The van der Waals surface area contributed by atoms with Crippen LogP contribution < -0.4 is 0 Å². The fourth-order valence-electron chi connectivity index (χ4n) is 12.2. The predicted molar refractivity (Wildman–Crippen MR) is 285 cm³/mol. The molecule has 2 aliphatic carbocycles. The van der Waals surface area contributed by atoms with E-state index in [1.54, 1.807) is 11.3 Å². The molecule has 0 radical (unpaired) electrons. The zero-order valence-corrected chi connectivity index (χ0v) is 38.1. The molecular weight excluding hydrogens is 875 g/mol. The summed E-state index contributed by atoms with van der Waals surface area (Å²) in [5.74, 6) is 1.68. The zero-order valence-electron chi connectivity index (χ0n) is 37.3. The van der Waals surface area contributed by atoms with Crippen molar-refractivity contribution >= 4 is 75.4 Å². The molecule has 4 heterocycles. The highest BCUT2D eigenvalue weighted by atomic mass is 32.1. The molecule has 4 aromatic heterocycles. The van der Waals surface area contributed by atoms with Gasteiger partial charge in [0.05, 0.1) is 11.0 Å². The van der Waals surface area contributed by atoms with Crippen LogP contribution in [-0.2, 0) is 5.41 Å². The first-order chi connectivity index (χ1) is 34.7. The fraction of sp³-hybridized carbons (Fsp3) is 0.0156. The van der Waals surface area contributed by atoms with E-state index in [4.69, 9.17) is 23.8 Å². The first-order valence-electron chi connectivity index (χ1n) is 23.7. The van der Waals surface area contributed by atoms with Crippen molar-refractivity contribution in [2.45, 2.75) is 5.41 Å². The number of para-hydroxylation sites is 2. The van der Waals surface area contributed by atoms with Crippen LogP contribution in [0.5, 0.6) is 0 Å². The average molecular weight is 910 g/mol. The molecule has 6 heteroatoms.